The maximum absolute atomic E-state index is 14.3. The number of aromatic hydroxyl groups is 1. The Kier molecular flexibility index (Phi) is 6.35. The molecule has 176 valence electrons. The van der Waals surface area contributed by atoms with Gasteiger partial charge >= 0.3 is 0 Å². The van der Waals surface area contributed by atoms with Gasteiger partial charge in [0, 0.05) is 16.7 Å². The molecule has 0 amide bonds. The molecule has 3 nitrogen and oxygen atoms in total. The van der Waals surface area contributed by atoms with Gasteiger partial charge in [0.2, 0.25) is 11.6 Å². The van der Waals surface area contributed by atoms with E-state index in [4.69, 9.17) is 0 Å². The SMILES string of the molecule is Cc1cccc(-c2cc(C(=O)C(=O)c3c(F)cccc3F)cc(-c3cccc(C)c3C)c2O)c1C. The van der Waals surface area contributed by atoms with E-state index in [9.17, 15) is 23.5 Å². The lowest BCUT2D eigenvalue weighted by Gasteiger charge is -2.17. The third kappa shape index (κ3) is 4.26. The second kappa shape index (κ2) is 9.26. The van der Waals surface area contributed by atoms with Crippen molar-refractivity contribution in [2.24, 2.45) is 0 Å². The number of aryl methyl sites for hydroxylation is 2. The summed E-state index contributed by atoms with van der Waals surface area (Å²) < 4.78 is 28.5. The van der Waals surface area contributed by atoms with Crippen LogP contribution in [0.1, 0.15) is 43.0 Å². The van der Waals surface area contributed by atoms with E-state index in [0.717, 1.165) is 40.5 Å². The van der Waals surface area contributed by atoms with Gasteiger partial charge in [0.25, 0.3) is 0 Å². The Bertz CT molecular complexity index is 1410. The number of rotatable bonds is 5. The molecule has 0 saturated carbocycles. The molecule has 0 unspecified atom stereocenters. The van der Waals surface area contributed by atoms with E-state index in [-0.39, 0.29) is 11.3 Å². The number of phenols is 1. The van der Waals surface area contributed by atoms with Crippen LogP contribution in [0.3, 0.4) is 0 Å². The first-order valence-corrected chi connectivity index (χ1v) is 11.1. The fraction of sp³-hybridized carbons (Fsp3) is 0.133. The van der Waals surface area contributed by atoms with Crippen LogP contribution in [0.15, 0.2) is 66.7 Å². The van der Waals surface area contributed by atoms with Crippen molar-refractivity contribution in [1.82, 2.24) is 0 Å². The van der Waals surface area contributed by atoms with Crippen molar-refractivity contribution >= 4 is 11.6 Å². The maximum atomic E-state index is 14.3. The number of ketones is 2. The summed E-state index contributed by atoms with van der Waals surface area (Å²) in [6.45, 7) is 7.66. The van der Waals surface area contributed by atoms with Crippen LogP contribution < -0.4 is 0 Å². The average Bonchev–Trinajstić information content (AvgIpc) is 2.82. The highest BCUT2D eigenvalue weighted by Crippen LogP contribution is 2.42. The van der Waals surface area contributed by atoms with Gasteiger partial charge in [-0.2, -0.15) is 0 Å². The monoisotopic (exact) mass is 470 g/mol. The highest BCUT2D eigenvalue weighted by molar-refractivity contribution is 6.49. The molecule has 0 atom stereocenters. The van der Waals surface area contributed by atoms with Crippen molar-refractivity contribution in [1.29, 1.82) is 0 Å². The summed E-state index contributed by atoms with van der Waals surface area (Å²) in [6, 6.07) is 17.0. The normalized spacial score (nSPS) is 10.9. The number of hydrogen-bond donors (Lipinski definition) is 1. The lowest BCUT2D eigenvalue weighted by atomic mass is 9.87. The Labute approximate surface area is 202 Å². The molecule has 0 aromatic heterocycles. The summed E-state index contributed by atoms with van der Waals surface area (Å²) in [5, 5.41) is 11.4. The largest absolute Gasteiger partial charge is 0.507 e. The minimum Gasteiger partial charge on any atom is -0.507 e. The van der Waals surface area contributed by atoms with E-state index in [1.807, 2.05) is 64.1 Å². The highest BCUT2D eigenvalue weighted by Gasteiger charge is 2.27. The first-order chi connectivity index (χ1) is 16.6. The predicted molar refractivity (Wildman–Crippen MR) is 133 cm³/mol. The maximum Gasteiger partial charge on any atom is 0.239 e. The predicted octanol–water partition coefficient (Wildman–Crippen LogP) is 7.30. The lowest BCUT2D eigenvalue weighted by molar-refractivity contribution is 0.0811. The third-order valence-corrected chi connectivity index (χ3v) is 6.56. The molecule has 0 saturated heterocycles. The fourth-order valence-electron chi connectivity index (χ4n) is 4.22. The quantitative estimate of drug-likeness (QED) is 0.246. The van der Waals surface area contributed by atoms with E-state index < -0.39 is 28.8 Å². The Morgan fingerprint density at radius 1 is 0.629 bits per heavy atom. The number of Topliss-reactive ketones (excluding diaryl/α,β-unsaturated/α-hetero) is 2. The zero-order valence-electron chi connectivity index (χ0n) is 19.9. The topological polar surface area (TPSA) is 54.4 Å². The van der Waals surface area contributed by atoms with Crippen molar-refractivity contribution in [3.63, 3.8) is 0 Å². The molecule has 0 fully saturated rings. The molecule has 0 aliphatic rings. The van der Waals surface area contributed by atoms with Gasteiger partial charge in [-0.3, -0.25) is 9.59 Å². The molecule has 0 bridgehead atoms. The first-order valence-electron chi connectivity index (χ1n) is 11.1. The number of carbonyl (C=O) groups excluding carboxylic acids is 2. The van der Waals surface area contributed by atoms with Crippen molar-refractivity contribution in [2.45, 2.75) is 27.7 Å². The molecule has 0 heterocycles. The molecule has 4 aromatic rings. The average molecular weight is 471 g/mol. The Morgan fingerprint density at radius 3 is 1.51 bits per heavy atom. The second-order valence-electron chi connectivity index (χ2n) is 8.67. The first kappa shape index (κ1) is 24.0. The molecule has 0 aliphatic heterocycles. The Morgan fingerprint density at radius 2 is 1.06 bits per heavy atom. The van der Waals surface area contributed by atoms with Crippen LogP contribution in [0.25, 0.3) is 22.3 Å². The molecular formula is C30H24F2O3. The standard InChI is InChI=1S/C30H24F2O3/c1-16-8-5-10-21(18(16)3)23-14-20(28(33)30(35)27-25(31)12-7-13-26(27)32)15-24(29(23)34)22-11-6-9-17(2)19(22)4/h5-15,34H,1-4H3. The summed E-state index contributed by atoms with van der Waals surface area (Å²) in [4.78, 5) is 26.2. The smallest absolute Gasteiger partial charge is 0.239 e. The number of hydrogen-bond acceptors (Lipinski definition) is 3. The van der Waals surface area contributed by atoms with Gasteiger partial charge in [0.05, 0.1) is 5.56 Å². The molecule has 1 N–H and O–H groups in total. The van der Waals surface area contributed by atoms with Gasteiger partial charge in [0.1, 0.15) is 17.4 Å². The summed E-state index contributed by atoms with van der Waals surface area (Å²) in [5.41, 5.74) is 4.88. The van der Waals surface area contributed by atoms with E-state index in [1.54, 1.807) is 0 Å². The molecular weight excluding hydrogens is 446 g/mol. The third-order valence-electron chi connectivity index (χ3n) is 6.56. The van der Waals surface area contributed by atoms with E-state index >= 15 is 0 Å². The van der Waals surface area contributed by atoms with Crippen LogP contribution in [0.4, 0.5) is 8.78 Å². The fourth-order valence-corrected chi connectivity index (χ4v) is 4.22. The second-order valence-corrected chi connectivity index (χ2v) is 8.67. The minimum atomic E-state index is -1.29. The van der Waals surface area contributed by atoms with E-state index in [0.29, 0.717) is 22.3 Å². The molecule has 5 heteroatoms. The summed E-state index contributed by atoms with van der Waals surface area (Å²) >= 11 is 0. The van der Waals surface area contributed by atoms with Crippen molar-refractivity contribution in [2.75, 3.05) is 0 Å². The van der Waals surface area contributed by atoms with Gasteiger partial charge in [-0.1, -0.05) is 42.5 Å². The summed E-state index contributed by atoms with van der Waals surface area (Å²) in [5.74, 6) is -4.61. The van der Waals surface area contributed by atoms with Crippen LogP contribution in [0, 0.1) is 39.3 Å². The van der Waals surface area contributed by atoms with Gasteiger partial charge in [-0.05, 0) is 85.3 Å². The summed E-state index contributed by atoms with van der Waals surface area (Å²) in [6.07, 6.45) is 0. The number of benzene rings is 4. The zero-order chi connectivity index (χ0) is 25.4. The Balaban J connectivity index is 1.99. The lowest BCUT2D eigenvalue weighted by Crippen LogP contribution is -2.18. The van der Waals surface area contributed by atoms with Crippen molar-refractivity contribution < 1.29 is 23.5 Å². The van der Waals surface area contributed by atoms with Gasteiger partial charge in [-0.15, -0.1) is 0 Å². The highest BCUT2D eigenvalue weighted by atomic mass is 19.1. The van der Waals surface area contributed by atoms with Crippen LogP contribution in [0.5, 0.6) is 5.75 Å². The number of halogens is 2. The van der Waals surface area contributed by atoms with Crippen molar-refractivity contribution in [3.8, 4) is 28.0 Å². The van der Waals surface area contributed by atoms with Gasteiger partial charge in [0.15, 0.2) is 0 Å². The molecule has 4 rings (SSSR count). The molecule has 0 aliphatic carbocycles. The Hall–Kier alpha value is -4.12. The zero-order valence-corrected chi connectivity index (χ0v) is 19.9. The van der Waals surface area contributed by atoms with Crippen LogP contribution in [0.2, 0.25) is 0 Å². The van der Waals surface area contributed by atoms with Gasteiger partial charge in [-0.25, -0.2) is 8.78 Å². The van der Waals surface area contributed by atoms with Crippen LogP contribution >= 0.6 is 0 Å². The van der Waals surface area contributed by atoms with Gasteiger partial charge < -0.3 is 5.11 Å². The van der Waals surface area contributed by atoms with E-state index in [1.165, 1.54) is 12.1 Å². The van der Waals surface area contributed by atoms with Crippen LogP contribution in [-0.4, -0.2) is 16.7 Å². The number of phenolic OH excluding ortho intramolecular Hbond substituents is 1. The summed E-state index contributed by atoms with van der Waals surface area (Å²) in [7, 11) is 0. The van der Waals surface area contributed by atoms with Crippen molar-refractivity contribution in [3.05, 3.63) is 112 Å². The van der Waals surface area contributed by atoms with Crippen LogP contribution in [-0.2, 0) is 0 Å². The molecule has 4 aromatic carbocycles. The van der Waals surface area contributed by atoms with E-state index in [2.05, 4.69) is 0 Å². The number of carbonyl (C=O) groups is 2. The minimum absolute atomic E-state index is 0.0477. The molecule has 35 heavy (non-hydrogen) atoms. The molecule has 0 spiro atoms. The molecule has 0 radical (unpaired) electrons.